The van der Waals surface area contributed by atoms with E-state index in [1.807, 2.05) is 12.1 Å². The van der Waals surface area contributed by atoms with Crippen LogP contribution in [0.25, 0.3) is 0 Å². The van der Waals surface area contributed by atoms with Gasteiger partial charge in [0, 0.05) is 19.4 Å². The van der Waals surface area contributed by atoms with Crippen LogP contribution in [0.1, 0.15) is 40.6 Å². The van der Waals surface area contributed by atoms with Crippen LogP contribution in [0.3, 0.4) is 0 Å². The molecule has 1 aliphatic rings. The van der Waals surface area contributed by atoms with Crippen LogP contribution in [-0.4, -0.2) is 15.5 Å². The Hall–Kier alpha value is -2.04. The largest absolute Gasteiger partial charge is 0.469 e. The van der Waals surface area contributed by atoms with Crippen molar-refractivity contribution >= 4 is 5.91 Å². The molecule has 2 aromatic rings. The lowest BCUT2D eigenvalue weighted by Gasteiger charge is -2.16. The third-order valence-corrected chi connectivity index (χ3v) is 3.61. The molecular weight excluding hydrogens is 242 g/mol. The van der Waals surface area contributed by atoms with Gasteiger partial charge in [0.25, 0.3) is 5.91 Å². The Labute approximate surface area is 111 Å². The quantitative estimate of drug-likeness (QED) is 0.908. The summed E-state index contributed by atoms with van der Waals surface area (Å²) >= 11 is 0. The van der Waals surface area contributed by atoms with Gasteiger partial charge in [-0.1, -0.05) is 0 Å². The summed E-state index contributed by atoms with van der Waals surface area (Å²) < 4.78 is 7.48. The lowest BCUT2D eigenvalue weighted by molar-refractivity contribution is 0.0994. The van der Waals surface area contributed by atoms with Crippen molar-refractivity contribution in [2.24, 2.45) is 5.73 Å². The third-order valence-electron chi connectivity index (χ3n) is 3.61. The highest BCUT2D eigenvalue weighted by Gasteiger charge is 2.22. The molecule has 19 heavy (non-hydrogen) atoms. The Morgan fingerprint density at radius 3 is 3.05 bits per heavy atom. The van der Waals surface area contributed by atoms with Gasteiger partial charge in [-0.25, -0.2) is 4.98 Å². The number of carbonyl (C=O) groups is 1. The monoisotopic (exact) mass is 259 g/mol. The number of primary amides is 1. The number of fused-ring (bicyclic) bond motifs is 1. The van der Waals surface area contributed by atoms with Gasteiger partial charge in [-0.2, -0.15) is 0 Å². The number of hydrogen-bond acceptors (Lipinski definition) is 3. The Kier molecular flexibility index (Phi) is 3.11. The van der Waals surface area contributed by atoms with Gasteiger partial charge >= 0.3 is 0 Å². The number of hydrogen-bond donors (Lipinski definition) is 1. The highest BCUT2D eigenvalue weighted by atomic mass is 16.3. The second-order valence-electron chi connectivity index (χ2n) is 4.88. The number of nitrogens with zero attached hydrogens (tertiary/aromatic N) is 2. The first-order valence-corrected chi connectivity index (χ1v) is 6.66. The van der Waals surface area contributed by atoms with Crippen molar-refractivity contribution < 1.29 is 9.21 Å². The summed E-state index contributed by atoms with van der Waals surface area (Å²) in [6, 6.07) is 3.83. The maximum absolute atomic E-state index is 11.4. The van der Waals surface area contributed by atoms with Crippen LogP contribution in [-0.2, 0) is 25.8 Å². The smallest absolute Gasteiger partial charge is 0.269 e. The van der Waals surface area contributed by atoms with E-state index in [2.05, 4.69) is 9.55 Å². The van der Waals surface area contributed by atoms with Crippen LogP contribution in [0.4, 0.5) is 0 Å². The molecule has 0 bridgehead atoms. The van der Waals surface area contributed by atoms with Crippen molar-refractivity contribution in [3.8, 4) is 0 Å². The highest BCUT2D eigenvalue weighted by Crippen LogP contribution is 2.21. The zero-order valence-electron chi connectivity index (χ0n) is 10.8. The average molecular weight is 259 g/mol. The summed E-state index contributed by atoms with van der Waals surface area (Å²) in [5, 5.41) is 0. The van der Waals surface area contributed by atoms with Gasteiger partial charge in [-0.3, -0.25) is 4.79 Å². The predicted octanol–water partition coefficient (Wildman–Crippen LogP) is 1.70. The second-order valence-corrected chi connectivity index (χ2v) is 4.88. The number of carbonyl (C=O) groups excluding carboxylic acids is 1. The molecule has 0 aliphatic carbocycles. The summed E-state index contributed by atoms with van der Waals surface area (Å²) in [6.45, 7) is 0.934. The maximum atomic E-state index is 11.4. The van der Waals surface area contributed by atoms with Crippen LogP contribution < -0.4 is 5.73 Å². The Morgan fingerprint density at radius 2 is 2.32 bits per heavy atom. The third kappa shape index (κ3) is 2.28. The van der Waals surface area contributed by atoms with Crippen LogP contribution >= 0.6 is 0 Å². The van der Waals surface area contributed by atoms with Crippen LogP contribution in [0, 0.1) is 0 Å². The molecule has 1 aliphatic heterocycles. The zero-order valence-corrected chi connectivity index (χ0v) is 10.8. The highest BCUT2D eigenvalue weighted by molar-refractivity contribution is 5.92. The molecule has 0 atom stereocenters. The van der Waals surface area contributed by atoms with Gasteiger partial charge in [0.2, 0.25) is 0 Å². The number of nitrogens with two attached hydrogens (primary N) is 1. The Balaban J connectivity index is 1.86. The molecular formula is C14H17N3O2. The van der Waals surface area contributed by atoms with Crippen molar-refractivity contribution in [3.05, 3.63) is 41.4 Å². The van der Waals surface area contributed by atoms with E-state index in [4.69, 9.17) is 10.2 Å². The number of imidazole rings is 1. The fourth-order valence-corrected chi connectivity index (χ4v) is 2.70. The number of aromatic nitrogens is 2. The number of aryl methyl sites for hydroxylation is 2. The van der Waals surface area contributed by atoms with Gasteiger partial charge in [-0.15, -0.1) is 0 Å². The molecule has 2 aromatic heterocycles. The van der Waals surface area contributed by atoms with E-state index in [-0.39, 0.29) is 0 Å². The minimum atomic E-state index is -0.421. The molecule has 0 saturated carbocycles. The maximum Gasteiger partial charge on any atom is 0.269 e. The molecule has 1 amide bonds. The SMILES string of the molecule is NC(=O)c1nc(CCc2ccco2)n2c1CCCC2. The standard InChI is InChI=1S/C14H17N3O2/c15-14(18)13-11-5-1-2-8-17(11)12(16-13)7-6-10-4-3-9-19-10/h3-4,9H,1-2,5-8H2,(H2,15,18). The molecule has 0 aromatic carbocycles. The van der Waals surface area contributed by atoms with E-state index in [9.17, 15) is 4.79 Å². The topological polar surface area (TPSA) is 74.1 Å². The average Bonchev–Trinajstić information content (AvgIpc) is 3.04. The van der Waals surface area contributed by atoms with Crippen molar-refractivity contribution in [1.29, 1.82) is 0 Å². The van der Waals surface area contributed by atoms with Gasteiger partial charge in [0.15, 0.2) is 0 Å². The van der Waals surface area contributed by atoms with Gasteiger partial charge < -0.3 is 14.7 Å². The van der Waals surface area contributed by atoms with Crippen LogP contribution in [0.15, 0.2) is 22.8 Å². The van der Waals surface area contributed by atoms with E-state index >= 15 is 0 Å². The van der Waals surface area contributed by atoms with Gasteiger partial charge in [0.1, 0.15) is 17.3 Å². The molecule has 5 heteroatoms. The fraction of sp³-hybridized carbons (Fsp3) is 0.429. The van der Waals surface area contributed by atoms with Crippen molar-refractivity contribution in [3.63, 3.8) is 0 Å². The van der Waals surface area contributed by atoms with Crippen LogP contribution in [0.5, 0.6) is 0 Å². The molecule has 0 saturated heterocycles. The molecule has 5 nitrogen and oxygen atoms in total. The number of furan rings is 1. The lowest BCUT2D eigenvalue weighted by Crippen LogP contribution is -2.18. The summed E-state index contributed by atoms with van der Waals surface area (Å²) in [5.41, 5.74) is 6.87. The molecule has 0 spiro atoms. The van der Waals surface area contributed by atoms with Crippen LogP contribution in [0.2, 0.25) is 0 Å². The molecule has 0 fully saturated rings. The van der Waals surface area contributed by atoms with E-state index in [0.29, 0.717) is 5.69 Å². The summed E-state index contributed by atoms with van der Waals surface area (Å²) in [7, 11) is 0. The predicted molar refractivity (Wildman–Crippen MR) is 69.8 cm³/mol. The second kappa shape index (κ2) is 4.91. The summed E-state index contributed by atoms with van der Waals surface area (Å²) in [5.74, 6) is 1.46. The molecule has 3 rings (SSSR count). The first-order chi connectivity index (χ1) is 9.25. The van der Waals surface area contributed by atoms with Crippen molar-refractivity contribution in [2.45, 2.75) is 38.6 Å². The molecule has 2 N–H and O–H groups in total. The van der Waals surface area contributed by atoms with Crippen molar-refractivity contribution in [1.82, 2.24) is 9.55 Å². The van der Waals surface area contributed by atoms with Crippen molar-refractivity contribution in [2.75, 3.05) is 0 Å². The minimum Gasteiger partial charge on any atom is -0.469 e. The van der Waals surface area contributed by atoms with E-state index in [1.54, 1.807) is 6.26 Å². The molecule has 100 valence electrons. The van der Waals surface area contributed by atoms with Gasteiger partial charge in [0.05, 0.1) is 12.0 Å². The minimum absolute atomic E-state index is 0.421. The summed E-state index contributed by atoms with van der Waals surface area (Å²) in [4.78, 5) is 15.9. The Bertz CT molecular complexity index is 584. The fourth-order valence-electron chi connectivity index (χ4n) is 2.70. The molecule has 3 heterocycles. The Morgan fingerprint density at radius 1 is 1.42 bits per heavy atom. The first kappa shape index (κ1) is 12.0. The van der Waals surface area contributed by atoms with E-state index < -0.39 is 5.91 Å². The normalized spacial score (nSPS) is 14.3. The number of rotatable bonds is 4. The zero-order chi connectivity index (χ0) is 13.2. The molecule has 0 unspecified atom stereocenters. The number of amides is 1. The summed E-state index contributed by atoms with van der Waals surface area (Å²) in [6.07, 6.45) is 6.37. The van der Waals surface area contributed by atoms with E-state index in [1.165, 1.54) is 0 Å². The first-order valence-electron chi connectivity index (χ1n) is 6.66. The molecule has 0 radical (unpaired) electrons. The lowest BCUT2D eigenvalue weighted by atomic mass is 10.1. The van der Waals surface area contributed by atoms with Gasteiger partial charge in [-0.05, 0) is 31.4 Å². The van der Waals surface area contributed by atoms with E-state index in [0.717, 1.165) is 55.9 Å².